The topological polar surface area (TPSA) is 17.1 Å². The van der Waals surface area contributed by atoms with Crippen molar-refractivity contribution in [3.8, 4) is 0 Å². The first-order valence-corrected chi connectivity index (χ1v) is 4.34. The molecule has 0 fully saturated rings. The van der Waals surface area contributed by atoms with Gasteiger partial charge in [0.25, 0.3) is 0 Å². The first-order chi connectivity index (χ1) is 4.92. The van der Waals surface area contributed by atoms with E-state index >= 15 is 0 Å². The van der Waals surface area contributed by atoms with Crippen LogP contribution in [-0.4, -0.2) is 10.1 Å². The zero-order valence-electron chi connectivity index (χ0n) is 6.94. The molecule has 0 aromatic carbocycles. The van der Waals surface area contributed by atoms with Crippen LogP contribution in [0, 0.1) is 0 Å². The molecular formula is C9H11BrO. The van der Waals surface area contributed by atoms with Gasteiger partial charge in [-0.1, -0.05) is 28.1 Å². The molecule has 0 aliphatic heterocycles. The molecule has 0 aromatic rings. The van der Waals surface area contributed by atoms with E-state index in [1.807, 2.05) is 32.9 Å². The summed E-state index contributed by atoms with van der Waals surface area (Å²) in [7, 11) is 0. The Morgan fingerprint density at radius 2 is 1.64 bits per heavy atom. The predicted molar refractivity (Wildman–Crippen MR) is 49.9 cm³/mol. The second-order valence-electron chi connectivity index (χ2n) is 3.14. The molecule has 0 spiro atoms. The van der Waals surface area contributed by atoms with Crippen LogP contribution in [0.3, 0.4) is 0 Å². The number of alkyl halides is 1. The van der Waals surface area contributed by atoms with Crippen LogP contribution in [0.4, 0.5) is 0 Å². The summed E-state index contributed by atoms with van der Waals surface area (Å²) in [6.07, 6.45) is 3.87. The number of Topliss-reactive ketones (excluding diaryl/α,β-unsaturated/α-hetero) is 1. The standard InChI is InChI=1S/C9H11BrO/c1-6-4-9(3,10)5-7(2)8(6)11/h4-5H,1-3H3. The molecule has 1 aliphatic carbocycles. The van der Waals surface area contributed by atoms with E-state index in [9.17, 15) is 4.79 Å². The summed E-state index contributed by atoms with van der Waals surface area (Å²) in [5, 5.41) is 0. The number of hydrogen-bond donors (Lipinski definition) is 0. The number of ketones is 1. The largest absolute Gasteiger partial charge is 0.289 e. The third kappa shape index (κ3) is 1.80. The Morgan fingerprint density at radius 3 is 2.00 bits per heavy atom. The molecule has 0 unspecified atom stereocenters. The van der Waals surface area contributed by atoms with Crippen LogP contribution in [0.1, 0.15) is 20.8 Å². The minimum absolute atomic E-state index is 0.130. The van der Waals surface area contributed by atoms with Crippen LogP contribution in [0.2, 0.25) is 0 Å². The highest BCUT2D eigenvalue weighted by atomic mass is 79.9. The van der Waals surface area contributed by atoms with Gasteiger partial charge in [-0.05, 0) is 31.9 Å². The van der Waals surface area contributed by atoms with E-state index in [1.165, 1.54) is 0 Å². The Labute approximate surface area is 75.3 Å². The number of allylic oxidation sites excluding steroid dienone is 4. The van der Waals surface area contributed by atoms with E-state index in [2.05, 4.69) is 15.9 Å². The van der Waals surface area contributed by atoms with Gasteiger partial charge in [-0.25, -0.2) is 0 Å². The molecule has 1 nitrogen and oxygen atoms in total. The van der Waals surface area contributed by atoms with E-state index in [0.717, 1.165) is 11.1 Å². The van der Waals surface area contributed by atoms with Crippen molar-refractivity contribution in [1.82, 2.24) is 0 Å². The van der Waals surface area contributed by atoms with E-state index < -0.39 is 0 Å². The SMILES string of the molecule is CC1=CC(C)(Br)C=C(C)C1=O. The maximum atomic E-state index is 11.3. The smallest absolute Gasteiger partial charge is 0.183 e. The van der Waals surface area contributed by atoms with E-state index in [-0.39, 0.29) is 10.1 Å². The van der Waals surface area contributed by atoms with Crippen molar-refractivity contribution >= 4 is 21.7 Å². The number of rotatable bonds is 0. The number of carbonyl (C=O) groups is 1. The van der Waals surface area contributed by atoms with Crippen molar-refractivity contribution < 1.29 is 4.79 Å². The van der Waals surface area contributed by atoms with Gasteiger partial charge < -0.3 is 0 Å². The summed E-state index contributed by atoms with van der Waals surface area (Å²) in [6.45, 7) is 5.71. The van der Waals surface area contributed by atoms with Crippen molar-refractivity contribution in [3.05, 3.63) is 23.3 Å². The molecular weight excluding hydrogens is 204 g/mol. The van der Waals surface area contributed by atoms with Crippen molar-refractivity contribution in [2.45, 2.75) is 25.1 Å². The highest BCUT2D eigenvalue weighted by Gasteiger charge is 2.23. The monoisotopic (exact) mass is 214 g/mol. The average Bonchev–Trinajstić information content (AvgIpc) is 1.81. The van der Waals surface area contributed by atoms with Crippen molar-refractivity contribution in [2.75, 3.05) is 0 Å². The summed E-state index contributed by atoms with van der Waals surface area (Å²) < 4.78 is -0.130. The van der Waals surface area contributed by atoms with Crippen LogP contribution in [0.15, 0.2) is 23.3 Å². The maximum absolute atomic E-state index is 11.3. The van der Waals surface area contributed by atoms with Gasteiger partial charge in [0.1, 0.15) is 0 Å². The average molecular weight is 215 g/mol. The van der Waals surface area contributed by atoms with Gasteiger partial charge in [0.05, 0.1) is 4.32 Å². The summed E-state index contributed by atoms with van der Waals surface area (Å²) >= 11 is 3.50. The third-order valence-corrected chi connectivity index (χ3v) is 2.17. The van der Waals surface area contributed by atoms with Crippen LogP contribution in [-0.2, 0) is 4.79 Å². The van der Waals surface area contributed by atoms with Gasteiger partial charge in [-0.15, -0.1) is 0 Å². The third-order valence-electron chi connectivity index (χ3n) is 1.71. The summed E-state index contributed by atoms with van der Waals surface area (Å²) in [5.74, 6) is 0.155. The molecule has 1 aliphatic rings. The fraction of sp³-hybridized carbons (Fsp3) is 0.444. The normalized spacial score (nSPS) is 22.7. The Bertz CT molecular complexity index is 235. The molecule has 0 amide bonds. The number of carbonyl (C=O) groups excluding carboxylic acids is 1. The van der Waals surface area contributed by atoms with E-state index in [0.29, 0.717) is 0 Å². The lowest BCUT2D eigenvalue weighted by Gasteiger charge is -2.20. The van der Waals surface area contributed by atoms with Gasteiger partial charge in [0.15, 0.2) is 5.78 Å². The first kappa shape index (κ1) is 8.72. The Balaban J connectivity index is 3.08. The number of halogens is 1. The van der Waals surface area contributed by atoms with Gasteiger partial charge in [-0.2, -0.15) is 0 Å². The lowest BCUT2D eigenvalue weighted by molar-refractivity contribution is -0.112. The summed E-state index contributed by atoms with van der Waals surface area (Å²) in [4.78, 5) is 11.3. The Hall–Kier alpha value is -0.370. The van der Waals surface area contributed by atoms with Crippen molar-refractivity contribution in [2.24, 2.45) is 0 Å². The van der Waals surface area contributed by atoms with Crippen LogP contribution in [0.5, 0.6) is 0 Å². The molecule has 0 saturated carbocycles. The second-order valence-corrected chi connectivity index (χ2v) is 4.84. The molecule has 60 valence electrons. The fourth-order valence-corrected chi connectivity index (χ4v) is 2.02. The maximum Gasteiger partial charge on any atom is 0.183 e. The zero-order valence-corrected chi connectivity index (χ0v) is 8.53. The summed E-state index contributed by atoms with van der Waals surface area (Å²) in [5.41, 5.74) is 1.65. The highest BCUT2D eigenvalue weighted by Crippen LogP contribution is 2.29. The zero-order chi connectivity index (χ0) is 8.65. The molecule has 0 aromatic heterocycles. The minimum Gasteiger partial charge on any atom is -0.289 e. The van der Waals surface area contributed by atoms with Gasteiger partial charge in [0, 0.05) is 0 Å². The number of hydrogen-bond acceptors (Lipinski definition) is 1. The van der Waals surface area contributed by atoms with Gasteiger partial charge in [0.2, 0.25) is 0 Å². The molecule has 0 saturated heterocycles. The fourth-order valence-electron chi connectivity index (χ4n) is 1.33. The van der Waals surface area contributed by atoms with Gasteiger partial charge in [-0.3, -0.25) is 4.79 Å². The molecule has 0 atom stereocenters. The molecule has 11 heavy (non-hydrogen) atoms. The van der Waals surface area contributed by atoms with Crippen LogP contribution < -0.4 is 0 Å². The van der Waals surface area contributed by atoms with Gasteiger partial charge >= 0.3 is 0 Å². The van der Waals surface area contributed by atoms with E-state index in [4.69, 9.17) is 0 Å². The Kier molecular flexibility index (Phi) is 2.06. The molecule has 0 heterocycles. The molecule has 0 bridgehead atoms. The van der Waals surface area contributed by atoms with Crippen molar-refractivity contribution in [1.29, 1.82) is 0 Å². The molecule has 0 N–H and O–H groups in total. The van der Waals surface area contributed by atoms with Crippen LogP contribution in [0.25, 0.3) is 0 Å². The highest BCUT2D eigenvalue weighted by molar-refractivity contribution is 9.10. The quantitative estimate of drug-likeness (QED) is 0.567. The molecule has 0 radical (unpaired) electrons. The lowest BCUT2D eigenvalue weighted by atomic mass is 9.93. The lowest BCUT2D eigenvalue weighted by Crippen LogP contribution is -2.18. The van der Waals surface area contributed by atoms with E-state index in [1.54, 1.807) is 0 Å². The summed E-state index contributed by atoms with van der Waals surface area (Å²) in [6, 6.07) is 0. The molecule has 2 heteroatoms. The minimum atomic E-state index is -0.130. The Morgan fingerprint density at radius 1 is 1.27 bits per heavy atom. The molecule has 1 rings (SSSR count). The van der Waals surface area contributed by atoms with Crippen LogP contribution >= 0.6 is 15.9 Å². The first-order valence-electron chi connectivity index (χ1n) is 3.55. The second kappa shape index (κ2) is 2.59. The predicted octanol–water partition coefficient (Wildman–Crippen LogP) is 2.62. The van der Waals surface area contributed by atoms with Crippen molar-refractivity contribution in [3.63, 3.8) is 0 Å².